The molecule has 1 aromatic heterocycles. The first kappa shape index (κ1) is 40.6. The molecule has 0 fully saturated rings. The smallest absolute Gasteiger partial charge is 0.0592 e. The van der Waals surface area contributed by atoms with Crippen LogP contribution in [0.25, 0.3) is 0 Å². The fourth-order valence-electron chi connectivity index (χ4n) is 9.24. The van der Waals surface area contributed by atoms with Gasteiger partial charge in [-0.2, -0.15) is 23.5 Å². The number of aromatic nitrogens is 1. The molecule has 46 heavy (non-hydrogen) atoms. The van der Waals surface area contributed by atoms with E-state index in [1.807, 2.05) is 0 Å². The molecular formula is C37H70NP2Si6-. The molecule has 4 atom stereocenters. The van der Waals surface area contributed by atoms with Gasteiger partial charge in [0.05, 0.1) is 16.1 Å². The van der Waals surface area contributed by atoms with E-state index in [0.717, 1.165) is 9.81 Å². The van der Waals surface area contributed by atoms with E-state index in [1.54, 1.807) is 5.30 Å². The monoisotopic (exact) mass is 758 g/mol. The molecule has 1 nitrogen and oxygen atoms in total. The van der Waals surface area contributed by atoms with Gasteiger partial charge in [-0.05, 0) is 21.9 Å². The summed E-state index contributed by atoms with van der Waals surface area (Å²) in [6.07, 6.45) is 9.83. The maximum Gasteiger partial charge on any atom is 0.0592 e. The van der Waals surface area contributed by atoms with Crippen molar-refractivity contribution in [1.82, 2.24) is 4.98 Å². The zero-order valence-corrected chi connectivity index (χ0v) is 40.9. The normalized spacial score (nSPS) is 18.4. The van der Waals surface area contributed by atoms with Crippen molar-refractivity contribution in [3.63, 3.8) is 0 Å². The van der Waals surface area contributed by atoms with Gasteiger partial charge in [-0.3, -0.25) is 4.98 Å². The third-order valence-corrected chi connectivity index (χ3v) is 54.2. The summed E-state index contributed by atoms with van der Waals surface area (Å²) < 4.78 is 0. The summed E-state index contributed by atoms with van der Waals surface area (Å²) in [5.74, 6) is 0. The second kappa shape index (κ2) is 14.4. The Balaban J connectivity index is 2.37. The number of rotatable bonds is 14. The maximum absolute atomic E-state index is 6.04. The summed E-state index contributed by atoms with van der Waals surface area (Å²) >= 11 is 0. The van der Waals surface area contributed by atoms with Gasteiger partial charge in [-0.15, -0.1) is 7.92 Å². The Morgan fingerprint density at radius 1 is 0.565 bits per heavy atom. The average molecular weight is 759 g/mol. The highest BCUT2D eigenvalue weighted by Gasteiger charge is 2.52. The highest BCUT2D eigenvalue weighted by atomic mass is 31.1. The Morgan fingerprint density at radius 2 is 1.00 bits per heavy atom. The number of hydrogen-bond donors (Lipinski definition) is 0. The molecule has 0 bridgehead atoms. The fraction of sp³-hybridized carbons (Fsp3) is 0.622. The second-order valence-corrected chi connectivity index (χ2v) is 61.4. The third-order valence-electron chi connectivity index (χ3n) is 9.44. The van der Waals surface area contributed by atoms with Gasteiger partial charge in [0, 0.05) is 59.9 Å². The van der Waals surface area contributed by atoms with Gasteiger partial charge in [-0.1, -0.05) is 156 Å². The molecule has 1 heterocycles. The summed E-state index contributed by atoms with van der Waals surface area (Å²) in [6, 6.07) is 17.0. The minimum Gasteiger partial charge on any atom is -0.257 e. The topological polar surface area (TPSA) is 12.9 Å². The lowest BCUT2D eigenvalue weighted by molar-refractivity contribution is 1.01. The van der Waals surface area contributed by atoms with Gasteiger partial charge in [0.25, 0.3) is 0 Å². The van der Waals surface area contributed by atoms with Gasteiger partial charge >= 0.3 is 0 Å². The standard InChI is InChI=1S/C37H70NP2Si6/c1-41(2,3)34(39(30-24-19-20-25-30)36(43(7,8)9)44(10,11)12)32-28-23-29-33(38-32)35(42(4,5)6)40(31-26-21-22-27-31)37(45(13,14)15)46(16,17)18/h19-30,34-37H,1-18H3/q-1. The van der Waals surface area contributed by atoms with Crippen molar-refractivity contribution in [2.45, 2.75) is 144 Å². The van der Waals surface area contributed by atoms with E-state index in [-0.39, 0.29) is 15.8 Å². The van der Waals surface area contributed by atoms with Gasteiger partial charge in [0.1, 0.15) is 0 Å². The Hall–Kier alpha value is 0.141. The number of pyridine rings is 1. The summed E-state index contributed by atoms with van der Waals surface area (Å²) in [7, 11) is -9.96. The molecule has 1 aliphatic carbocycles. The van der Waals surface area contributed by atoms with Gasteiger partial charge < -0.3 is 0 Å². The molecule has 0 radical (unpaired) electrons. The minimum absolute atomic E-state index is 0.310. The molecule has 0 aliphatic heterocycles. The predicted molar refractivity (Wildman–Crippen MR) is 235 cm³/mol. The lowest BCUT2D eigenvalue weighted by Crippen LogP contribution is -2.55. The molecule has 3 rings (SSSR count). The fourth-order valence-corrected chi connectivity index (χ4v) is 64.1. The van der Waals surface area contributed by atoms with Crippen molar-refractivity contribution in [2.24, 2.45) is 0 Å². The van der Waals surface area contributed by atoms with Crippen LogP contribution in [-0.2, 0) is 0 Å². The summed E-state index contributed by atoms with van der Waals surface area (Å²) in [6.45, 7) is 48.0. The first-order valence-electron chi connectivity index (χ1n) is 17.8. The van der Waals surface area contributed by atoms with Crippen molar-refractivity contribution >= 4 is 69.6 Å². The van der Waals surface area contributed by atoms with Gasteiger partial charge in [0.2, 0.25) is 0 Å². The molecule has 0 saturated heterocycles. The Morgan fingerprint density at radius 3 is 1.37 bits per heavy atom. The summed E-state index contributed by atoms with van der Waals surface area (Å²) in [5, 5.41) is 2.81. The molecule has 0 amide bonds. The highest BCUT2D eigenvalue weighted by molar-refractivity contribution is 7.74. The molecule has 4 unspecified atom stereocenters. The maximum atomic E-state index is 6.04. The lowest BCUT2D eigenvalue weighted by Gasteiger charge is -2.52. The van der Waals surface area contributed by atoms with Crippen LogP contribution < -0.4 is 5.30 Å². The van der Waals surface area contributed by atoms with Gasteiger partial charge in [0.15, 0.2) is 0 Å². The van der Waals surface area contributed by atoms with E-state index in [2.05, 4.69) is 185 Å². The Kier molecular flexibility index (Phi) is 12.7. The van der Waals surface area contributed by atoms with Crippen molar-refractivity contribution < 1.29 is 0 Å². The van der Waals surface area contributed by atoms with E-state index in [4.69, 9.17) is 4.98 Å². The molecule has 0 N–H and O–H groups in total. The van der Waals surface area contributed by atoms with Crippen molar-refractivity contribution in [1.29, 1.82) is 0 Å². The Labute approximate surface area is 294 Å². The van der Waals surface area contributed by atoms with Crippen LogP contribution in [0.4, 0.5) is 0 Å². The SMILES string of the molecule is C[Si](C)(C)C(c1cccc(C(P(C2C=CC=C2)C([Si](C)(C)C)[Si](C)(C)C)[Si](C)(C)C)n1)P(c1cc[cH-]c1)C([Si](C)(C)C)[Si](C)(C)C. The number of nitrogens with zero attached hydrogens (tertiary/aromatic N) is 1. The van der Waals surface area contributed by atoms with Crippen LogP contribution in [0.3, 0.4) is 0 Å². The quantitative estimate of drug-likeness (QED) is 0.106. The average Bonchev–Trinajstić information content (AvgIpc) is 3.53. The third kappa shape index (κ3) is 9.68. The van der Waals surface area contributed by atoms with Crippen LogP contribution in [0.5, 0.6) is 0 Å². The Bertz CT molecular complexity index is 1300. The van der Waals surface area contributed by atoms with Crippen LogP contribution >= 0.6 is 15.8 Å². The summed E-state index contributed by atoms with van der Waals surface area (Å²) in [5.41, 5.74) is 3.48. The molecule has 2 aromatic rings. The molecular weight excluding hydrogens is 689 g/mol. The zero-order valence-electron chi connectivity index (χ0n) is 33.1. The predicted octanol–water partition coefficient (Wildman–Crippen LogP) is 12.7. The first-order chi connectivity index (χ1) is 20.7. The second-order valence-electron chi connectivity index (χ2n) is 20.6. The molecule has 1 aromatic carbocycles. The first-order valence-corrected chi connectivity index (χ1v) is 42.3. The van der Waals surface area contributed by atoms with Crippen molar-refractivity contribution in [3.8, 4) is 0 Å². The number of hydrogen-bond acceptors (Lipinski definition) is 1. The number of allylic oxidation sites excluding steroid dienone is 4. The molecule has 9 heteroatoms. The summed E-state index contributed by atoms with van der Waals surface area (Å²) in [4.78, 5) is 7.77. The largest absolute Gasteiger partial charge is 0.257 e. The van der Waals surface area contributed by atoms with E-state index >= 15 is 0 Å². The van der Waals surface area contributed by atoms with Crippen LogP contribution in [0.15, 0.2) is 66.8 Å². The van der Waals surface area contributed by atoms with E-state index in [0.29, 0.717) is 16.2 Å². The lowest BCUT2D eigenvalue weighted by atomic mass is 10.3. The molecule has 0 spiro atoms. The minimum atomic E-state index is -1.69. The van der Waals surface area contributed by atoms with Crippen LogP contribution in [0, 0.1) is 0 Å². The van der Waals surface area contributed by atoms with Crippen LogP contribution in [-0.4, -0.2) is 68.9 Å². The molecule has 1 aliphatic rings. The van der Waals surface area contributed by atoms with Crippen molar-refractivity contribution in [3.05, 3.63) is 78.2 Å². The van der Waals surface area contributed by atoms with Crippen molar-refractivity contribution in [2.75, 3.05) is 0 Å². The van der Waals surface area contributed by atoms with E-state index in [9.17, 15) is 0 Å². The zero-order chi connectivity index (χ0) is 35.3. The van der Waals surface area contributed by atoms with E-state index < -0.39 is 48.4 Å². The molecule has 0 saturated carbocycles. The highest BCUT2D eigenvalue weighted by Crippen LogP contribution is 2.67. The van der Waals surface area contributed by atoms with Crippen LogP contribution in [0.1, 0.15) is 22.0 Å². The van der Waals surface area contributed by atoms with Gasteiger partial charge in [-0.25, -0.2) is 6.07 Å². The van der Waals surface area contributed by atoms with E-state index in [1.165, 1.54) is 11.4 Å². The molecule has 258 valence electrons. The van der Waals surface area contributed by atoms with Crippen LogP contribution in [0.2, 0.25) is 118 Å².